The van der Waals surface area contributed by atoms with Gasteiger partial charge in [-0.1, -0.05) is 0 Å². The van der Waals surface area contributed by atoms with E-state index in [0.717, 1.165) is 5.69 Å². The number of aromatic nitrogens is 2. The summed E-state index contributed by atoms with van der Waals surface area (Å²) >= 11 is -3.47. The number of benzene rings is 8. The fourth-order valence-corrected chi connectivity index (χ4v) is 18.6. The van der Waals surface area contributed by atoms with Crippen molar-refractivity contribution in [3.05, 3.63) is 206 Å². The Hall–Kier alpha value is -6.10. The molecule has 2 heterocycles. The normalized spacial score (nSPS) is 11.9. The van der Waals surface area contributed by atoms with Gasteiger partial charge in [-0.05, 0) is 0 Å². The molecule has 0 N–H and O–H groups in total. The molecule has 0 amide bonds. The predicted octanol–water partition coefficient (Wildman–Crippen LogP) is 9.26. The quantitative estimate of drug-likeness (QED) is 0.152. The van der Waals surface area contributed by atoms with Gasteiger partial charge in [0, 0.05) is 0 Å². The van der Waals surface area contributed by atoms with Gasteiger partial charge < -0.3 is 0 Å². The van der Waals surface area contributed by atoms with Crippen LogP contribution in [0.5, 0.6) is 0 Å². The van der Waals surface area contributed by atoms with Crippen molar-refractivity contribution in [2.45, 2.75) is 0 Å². The van der Waals surface area contributed by atoms with Crippen molar-refractivity contribution in [3.8, 4) is 11.4 Å². The van der Waals surface area contributed by atoms with Gasteiger partial charge >= 0.3 is 301 Å². The van der Waals surface area contributed by atoms with Crippen molar-refractivity contribution in [2.24, 2.45) is 0 Å². The van der Waals surface area contributed by atoms with Crippen LogP contribution in [0.1, 0.15) is 0 Å². The molecule has 10 rings (SSSR count). The van der Waals surface area contributed by atoms with Gasteiger partial charge in [0.2, 0.25) is 0 Å². The molecule has 0 bridgehead atoms. The molecule has 0 saturated heterocycles. The number of fused-ring (bicyclic) bond motifs is 6. The molecule has 0 aliphatic rings. The van der Waals surface area contributed by atoms with Crippen LogP contribution in [-0.4, -0.2) is 22.4 Å². The summed E-state index contributed by atoms with van der Waals surface area (Å²) in [5, 5.41) is 5.05. The number of rotatable bonds is 6. The topological polar surface area (TPSA) is 9.86 Å². The number of hydrogen-bond donors (Lipinski definition) is 0. The van der Waals surface area contributed by atoms with Gasteiger partial charge in [-0.15, -0.1) is 0 Å². The fourth-order valence-electron chi connectivity index (χ4n) is 8.52. The molecule has 0 aliphatic carbocycles. The first kappa shape index (κ1) is 29.8. The van der Waals surface area contributed by atoms with Crippen molar-refractivity contribution < 1.29 is 0 Å². The van der Waals surface area contributed by atoms with E-state index in [1.807, 2.05) is 0 Å². The molecular formula is C48H34GeN2. The van der Waals surface area contributed by atoms with Crippen LogP contribution in [0.15, 0.2) is 206 Å². The number of para-hydroxylation sites is 3. The zero-order chi connectivity index (χ0) is 33.8. The summed E-state index contributed by atoms with van der Waals surface area (Å²) in [6.07, 6.45) is 0. The molecule has 0 aliphatic heterocycles. The first-order chi connectivity index (χ1) is 25.3. The Kier molecular flexibility index (Phi) is 7.04. The third-order valence-electron chi connectivity index (χ3n) is 10.7. The second-order valence-corrected chi connectivity index (χ2v) is 21.3. The second kappa shape index (κ2) is 12.0. The van der Waals surface area contributed by atoms with E-state index in [4.69, 9.17) is 0 Å². The molecule has 0 atom stereocenters. The molecule has 0 saturated carbocycles. The van der Waals surface area contributed by atoms with E-state index < -0.39 is 13.3 Å². The Balaban J connectivity index is 1.27. The third kappa shape index (κ3) is 4.57. The van der Waals surface area contributed by atoms with Crippen molar-refractivity contribution in [1.82, 2.24) is 9.13 Å². The third-order valence-corrected chi connectivity index (χ3v) is 20.7. The average Bonchev–Trinajstić information content (AvgIpc) is 3.72. The molecule has 0 radical (unpaired) electrons. The van der Waals surface area contributed by atoms with Crippen molar-refractivity contribution >= 4 is 74.5 Å². The van der Waals surface area contributed by atoms with E-state index >= 15 is 0 Å². The summed E-state index contributed by atoms with van der Waals surface area (Å²) < 4.78 is 10.6. The zero-order valence-corrected chi connectivity index (χ0v) is 30.1. The predicted molar refractivity (Wildman–Crippen MR) is 219 cm³/mol. The molecule has 2 aromatic heterocycles. The molecular weight excluding hydrogens is 677 g/mol. The molecule has 0 fully saturated rings. The first-order valence-corrected chi connectivity index (χ1v) is 21.8. The van der Waals surface area contributed by atoms with E-state index in [1.54, 1.807) is 0 Å². The minimum atomic E-state index is -3.47. The summed E-state index contributed by atoms with van der Waals surface area (Å²) in [5.74, 6) is 0. The van der Waals surface area contributed by atoms with Crippen LogP contribution in [0.4, 0.5) is 0 Å². The fraction of sp³-hybridized carbons (Fsp3) is 0. The first-order valence-electron chi connectivity index (χ1n) is 17.6. The van der Waals surface area contributed by atoms with Crippen molar-refractivity contribution in [3.63, 3.8) is 0 Å². The molecule has 0 unspecified atom stereocenters. The zero-order valence-electron chi connectivity index (χ0n) is 28.0. The maximum absolute atomic E-state index is 3.47. The molecule has 240 valence electrons. The van der Waals surface area contributed by atoms with E-state index in [9.17, 15) is 0 Å². The summed E-state index contributed by atoms with van der Waals surface area (Å²) in [6, 6.07) is 76.5. The van der Waals surface area contributed by atoms with E-state index in [-0.39, 0.29) is 0 Å². The second-order valence-electron chi connectivity index (χ2n) is 13.3. The Morgan fingerprint density at radius 2 is 0.627 bits per heavy atom. The summed E-state index contributed by atoms with van der Waals surface area (Å²) in [5.41, 5.74) is 7.18. The van der Waals surface area contributed by atoms with E-state index in [1.165, 1.54) is 66.9 Å². The minimum absolute atomic E-state index is 1.16. The van der Waals surface area contributed by atoms with Crippen LogP contribution in [0, 0.1) is 0 Å². The van der Waals surface area contributed by atoms with Crippen LogP contribution in [-0.2, 0) is 0 Å². The Morgan fingerprint density at radius 3 is 1.12 bits per heavy atom. The Bertz CT molecular complexity index is 2700. The summed E-state index contributed by atoms with van der Waals surface area (Å²) in [7, 11) is 0. The molecule has 0 spiro atoms. The van der Waals surface area contributed by atoms with Gasteiger partial charge in [0.1, 0.15) is 0 Å². The maximum atomic E-state index is 2.49. The van der Waals surface area contributed by atoms with Crippen molar-refractivity contribution in [1.29, 1.82) is 0 Å². The van der Waals surface area contributed by atoms with Crippen LogP contribution in [0.25, 0.3) is 55.0 Å². The molecule has 8 aromatic carbocycles. The van der Waals surface area contributed by atoms with E-state index in [0.29, 0.717) is 0 Å². The van der Waals surface area contributed by atoms with Gasteiger partial charge in [-0.25, -0.2) is 0 Å². The van der Waals surface area contributed by atoms with Gasteiger partial charge in [0.25, 0.3) is 0 Å². The Labute approximate surface area is 299 Å². The SMILES string of the molecule is c1cc[c]([Ge]([c]2ccccc2)([c]2ccccc2)[c]2cccc(-n3c4ccccc4c4ccc(-n5c6ccccc6c6ccccc65)cc43)c2)cc1. The summed E-state index contributed by atoms with van der Waals surface area (Å²) in [4.78, 5) is 0. The monoisotopic (exact) mass is 712 g/mol. The number of hydrogen-bond acceptors (Lipinski definition) is 0. The van der Waals surface area contributed by atoms with Crippen LogP contribution < -0.4 is 17.6 Å². The molecule has 2 nitrogen and oxygen atoms in total. The van der Waals surface area contributed by atoms with E-state index in [2.05, 4.69) is 215 Å². The molecule has 3 heteroatoms. The van der Waals surface area contributed by atoms with Crippen LogP contribution >= 0.6 is 0 Å². The molecule has 10 aromatic rings. The summed E-state index contributed by atoms with van der Waals surface area (Å²) in [6.45, 7) is 0. The Morgan fingerprint density at radius 1 is 0.255 bits per heavy atom. The van der Waals surface area contributed by atoms with Gasteiger partial charge in [0.15, 0.2) is 0 Å². The number of nitrogens with zero attached hydrogens (tertiary/aromatic N) is 2. The van der Waals surface area contributed by atoms with Gasteiger partial charge in [-0.2, -0.15) is 0 Å². The standard InChI is InChI=1S/C48H34GeN2/c1-4-17-35(18-5-1)49(36-19-6-2-7-20-36,37-21-8-3-9-22-37)38-23-16-24-39(33-38)51-47-30-15-12-27-43(47)44-32-31-40(34-48(44)51)50-45-28-13-10-25-41(45)42-26-11-14-29-46(42)50/h1-34H. The van der Waals surface area contributed by atoms with Crippen molar-refractivity contribution in [2.75, 3.05) is 0 Å². The van der Waals surface area contributed by atoms with Crippen LogP contribution in [0.3, 0.4) is 0 Å². The van der Waals surface area contributed by atoms with Crippen LogP contribution in [0.2, 0.25) is 0 Å². The molecule has 51 heavy (non-hydrogen) atoms. The average molecular weight is 711 g/mol. The van der Waals surface area contributed by atoms with Gasteiger partial charge in [0.05, 0.1) is 0 Å². The van der Waals surface area contributed by atoms with Gasteiger partial charge in [-0.3, -0.25) is 0 Å².